The zero-order chi connectivity index (χ0) is 16.5. The van der Waals surface area contributed by atoms with Crippen molar-refractivity contribution in [1.82, 2.24) is 19.4 Å². The number of hydrogen-bond acceptors (Lipinski definition) is 4. The number of ether oxygens (including phenoxy) is 1. The monoisotopic (exact) mass is 316 g/mol. The van der Waals surface area contributed by atoms with Crippen molar-refractivity contribution in [2.75, 3.05) is 0 Å². The smallest absolute Gasteiger partial charge is 0.321 e. The first-order chi connectivity index (χ1) is 11.7. The van der Waals surface area contributed by atoms with Gasteiger partial charge in [-0.1, -0.05) is 18.2 Å². The highest BCUT2D eigenvalue weighted by atomic mass is 16.5. The number of nitrogens with zero attached hydrogens (tertiary/aromatic N) is 4. The Morgan fingerprint density at radius 2 is 1.67 bits per heavy atom. The average Bonchev–Trinajstić information content (AvgIpc) is 2.90. The van der Waals surface area contributed by atoms with E-state index in [9.17, 15) is 0 Å². The fraction of sp³-hybridized carbons (Fsp3) is 0.105. The molecule has 1 aromatic carbocycles. The van der Waals surface area contributed by atoms with Gasteiger partial charge in [0.2, 0.25) is 0 Å². The fourth-order valence-corrected chi connectivity index (χ4v) is 2.58. The Balaban J connectivity index is 1.62. The van der Waals surface area contributed by atoms with Gasteiger partial charge in [0.1, 0.15) is 11.4 Å². The van der Waals surface area contributed by atoms with Crippen LogP contribution in [0.15, 0.2) is 61.1 Å². The van der Waals surface area contributed by atoms with Crippen molar-refractivity contribution in [3.63, 3.8) is 0 Å². The normalized spacial score (nSPS) is 10.9. The van der Waals surface area contributed by atoms with Crippen molar-refractivity contribution in [3.05, 3.63) is 72.4 Å². The predicted molar refractivity (Wildman–Crippen MR) is 92.2 cm³/mol. The number of rotatable bonds is 3. The molecule has 0 bridgehead atoms. The summed E-state index contributed by atoms with van der Waals surface area (Å²) < 4.78 is 7.70. The minimum Gasteiger partial charge on any atom is -0.424 e. The van der Waals surface area contributed by atoms with E-state index in [1.807, 2.05) is 55.6 Å². The molecule has 0 radical (unpaired) electrons. The third-order valence-electron chi connectivity index (χ3n) is 4.02. The summed E-state index contributed by atoms with van der Waals surface area (Å²) in [5.74, 6) is 0.718. The minimum absolute atomic E-state index is 0.332. The number of fused-ring (bicyclic) bond motifs is 1. The van der Waals surface area contributed by atoms with Crippen LogP contribution in [0.25, 0.3) is 16.8 Å². The van der Waals surface area contributed by atoms with Gasteiger partial charge in [0.05, 0.1) is 5.69 Å². The molecule has 3 aromatic heterocycles. The van der Waals surface area contributed by atoms with Gasteiger partial charge >= 0.3 is 6.01 Å². The molecule has 24 heavy (non-hydrogen) atoms. The molecule has 0 spiro atoms. The molecule has 0 amide bonds. The highest BCUT2D eigenvalue weighted by Crippen LogP contribution is 2.23. The molecule has 0 atom stereocenters. The maximum absolute atomic E-state index is 5.62. The molecule has 118 valence electrons. The van der Waals surface area contributed by atoms with Crippen LogP contribution in [-0.2, 0) is 0 Å². The maximum Gasteiger partial charge on any atom is 0.321 e. The molecule has 0 saturated heterocycles. The Hall–Kier alpha value is -3.21. The van der Waals surface area contributed by atoms with E-state index in [1.165, 1.54) is 0 Å². The first kappa shape index (κ1) is 14.4. The number of pyridine rings is 1. The lowest BCUT2D eigenvalue weighted by Crippen LogP contribution is -1.93. The predicted octanol–water partition coefficient (Wildman–Crippen LogP) is 4.20. The van der Waals surface area contributed by atoms with E-state index < -0.39 is 0 Å². The standard InChI is InChI=1S/C19H16N4O/c1-13-14(2)23-9-8-15(10-18(23)22-13)16-11-20-19(21-12-16)24-17-6-4-3-5-7-17/h3-12H,1-2H3. The average molecular weight is 316 g/mol. The number of aromatic nitrogens is 4. The van der Waals surface area contributed by atoms with Crippen LogP contribution >= 0.6 is 0 Å². The first-order valence-corrected chi connectivity index (χ1v) is 7.71. The molecule has 0 fully saturated rings. The summed E-state index contributed by atoms with van der Waals surface area (Å²) in [6.07, 6.45) is 5.55. The quantitative estimate of drug-likeness (QED) is 0.568. The largest absolute Gasteiger partial charge is 0.424 e. The molecule has 4 rings (SSSR count). The highest BCUT2D eigenvalue weighted by molar-refractivity contribution is 5.66. The molecule has 0 saturated carbocycles. The van der Waals surface area contributed by atoms with Crippen molar-refractivity contribution in [3.8, 4) is 22.9 Å². The molecule has 0 unspecified atom stereocenters. The Morgan fingerprint density at radius 3 is 2.42 bits per heavy atom. The zero-order valence-corrected chi connectivity index (χ0v) is 13.5. The molecule has 0 aliphatic heterocycles. The second-order valence-electron chi connectivity index (χ2n) is 5.60. The van der Waals surface area contributed by atoms with Crippen LogP contribution in [0.4, 0.5) is 0 Å². The third-order valence-corrected chi connectivity index (χ3v) is 4.02. The van der Waals surface area contributed by atoms with Gasteiger partial charge in [0.15, 0.2) is 0 Å². The number of hydrogen-bond donors (Lipinski definition) is 0. The van der Waals surface area contributed by atoms with Crippen LogP contribution in [0, 0.1) is 13.8 Å². The molecular formula is C19H16N4O. The van der Waals surface area contributed by atoms with E-state index in [-0.39, 0.29) is 0 Å². The van der Waals surface area contributed by atoms with Gasteiger partial charge in [0.25, 0.3) is 0 Å². The Labute approximate surface area is 139 Å². The number of para-hydroxylation sites is 1. The van der Waals surface area contributed by atoms with Crippen molar-refractivity contribution >= 4 is 5.65 Å². The molecule has 4 aromatic rings. The highest BCUT2D eigenvalue weighted by Gasteiger charge is 2.07. The summed E-state index contributed by atoms with van der Waals surface area (Å²) in [4.78, 5) is 13.2. The topological polar surface area (TPSA) is 52.3 Å². The second-order valence-corrected chi connectivity index (χ2v) is 5.60. The Kier molecular flexibility index (Phi) is 3.46. The lowest BCUT2D eigenvalue weighted by molar-refractivity contribution is 0.442. The zero-order valence-electron chi connectivity index (χ0n) is 13.5. The summed E-state index contributed by atoms with van der Waals surface area (Å²) in [5.41, 5.74) is 5.07. The van der Waals surface area contributed by atoms with Gasteiger partial charge in [0, 0.05) is 29.8 Å². The lowest BCUT2D eigenvalue weighted by Gasteiger charge is -2.05. The summed E-state index contributed by atoms with van der Waals surface area (Å²) in [7, 11) is 0. The number of imidazole rings is 1. The van der Waals surface area contributed by atoms with Crippen molar-refractivity contribution in [1.29, 1.82) is 0 Å². The van der Waals surface area contributed by atoms with Gasteiger partial charge in [-0.15, -0.1) is 0 Å². The lowest BCUT2D eigenvalue weighted by atomic mass is 10.1. The van der Waals surface area contributed by atoms with Crippen LogP contribution in [0.1, 0.15) is 11.4 Å². The van der Waals surface area contributed by atoms with Gasteiger partial charge in [-0.2, -0.15) is 0 Å². The van der Waals surface area contributed by atoms with Crippen LogP contribution in [0.2, 0.25) is 0 Å². The Bertz CT molecular complexity index is 991. The Morgan fingerprint density at radius 1 is 0.917 bits per heavy atom. The second kappa shape index (κ2) is 5.77. The van der Waals surface area contributed by atoms with E-state index in [2.05, 4.69) is 26.3 Å². The third kappa shape index (κ3) is 2.60. The van der Waals surface area contributed by atoms with E-state index in [4.69, 9.17) is 4.74 Å². The van der Waals surface area contributed by atoms with Gasteiger partial charge in [-0.05, 0) is 43.7 Å². The molecule has 0 N–H and O–H groups in total. The molecular weight excluding hydrogens is 300 g/mol. The summed E-state index contributed by atoms with van der Waals surface area (Å²) in [5, 5.41) is 0. The van der Waals surface area contributed by atoms with Crippen LogP contribution < -0.4 is 4.74 Å². The van der Waals surface area contributed by atoms with Gasteiger partial charge in [-0.3, -0.25) is 0 Å². The minimum atomic E-state index is 0.332. The van der Waals surface area contributed by atoms with Crippen LogP contribution in [0.5, 0.6) is 11.8 Å². The molecule has 5 heteroatoms. The fourth-order valence-electron chi connectivity index (χ4n) is 2.58. The summed E-state index contributed by atoms with van der Waals surface area (Å²) in [6, 6.07) is 13.9. The van der Waals surface area contributed by atoms with E-state index in [1.54, 1.807) is 12.4 Å². The molecule has 0 aliphatic rings. The van der Waals surface area contributed by atoms with Crippen molar-refractivity contribution in [2.45, 2.75) is 13.8 Å². The summed E-state index contributed by atoms with van der Waals surface area (Å²) in [6.45, 7) is 4.08. The van der Waals surface area contributed by atoms with Crippen molar-refractivity contribution in [2.24, 2.45) is 0 Å². The molecule has 5 nitrogen and oxygen atoms in total. The van der Waals surface area contributed by atoms with Crippen molar-refractivity contribution < 1.29 is 4.74 Å². The van der Waals surface area contributed by atoms with Crippen LogP contribution in [0.3, 0.4) is 0 Å². The SMILES string of the molecule is Cc1nc2cc(-c3cnc(Oc4ccccc4)nc3)ccn2c1C. The first-order valence-electron chi connectivity index (χ1n) is 7.71. The van der Waals surface area contributed by atoms with Gasteiger partial charge in [-0.25, -0.2) is 15.0 Å². The maximum atomic E-state index is 5.62. The van der Waals surface area contributed by atoms with Gasteiger partial charge < -0.3 is 9.14 Å². The van der Waals surface area contributed by atoms with E-state index >= 15 is 0 Å². The van der Waals surface area contributed by atoms with Crippen LogP contribution in [-0.4, -0.2) is 19.4 Å². The van der Waals surface area contributed by atoms with E-state index in [0.717, 1.165) is 33.9 Å². The number of aryl methyl sites for hydroxylation is 2. The molecule has 3 heterocycles. The van der Waals surface area contributed by atoms with E-state index in [0.29, 0.717) is 6.01 Å². The molecule has 0 aliphatic carbocycles. The summed E-state index contributed by atoms with van der Waals surface area (Å²) >= 11 is 0. The number of benzene rings is 1.